The largest absolute Gasteiger partial charge is 0.308 e. The maximum Gasteiger partial charge on any atom is 0.102 e. The highest BCUT2D eigenvalue weighted by Gasteiger charge is 2.02. The molecular formula is C11H16FN. The van der Waals surface area contributed by atoms with Crippen molar-refractivity contribution in [3.63, 3.8) is 0 Å². The fourth-order valence-corrected chi connectivity index (χ4v) is 1.24. The van der Waals surface area contributed by atoms with Gasteiger partial charge in [0.2, 0.25) is 0 Å². The van der Waals surface area contributed by atoms with Crippen molar-refractivity contribution in [2.45, 2.75) is 19.9 Å². The summed E-state index contributed by atoms with van der Waals surface area (Å²) in [5, 5.41) is 3.09. The Morgan fingerprint density at radius 1 is 1.31 bits per heavy atom. The summed E-state index contributed by atoms with van der Waals surface area (Å²) in [6.45, 7) is 4.22. The van der Waals surface area contributed by atoms with E-state index >= 15 is 0 Å². The van der Waals surface area contributed by atoms with E-state index in [9.17, 15) is 4.39 Å². The Labute approximate surface area is 79.0 Å². The summed E-state index contributed by atoms with van der Waals surface area (Å²) in [4.78, 5) is 0. The lowest BCUT2D eigenvalue weighted by molar-refractivity contribution is 0.444. The molecule has 0 amide bonds. The molecule has 72 valence electrons. The summed E-state index contributed by atoms with van der Waals surface area (Å²) in [6, 6.07) is 8.53. The molecule has 1 N–H and O–H groups in total. The Kier molecular flexibility index (Phi) is 3.90. The van der Waals surface area contributed by atoms with E-state index < -0.39 is 0 Å². The smallest absolute Gasteiger partial charge is 0.102 e. The van der Waals surface area contributed by atoms with Gasteiger partial charge in [-0.3, -0.25) is 0 Å². The third kappa shape index (κ3) is 3.15. The Hall–Kier alpha value is -0.890. The third-order valence-electron chi connectivity index (χ3n) is 2.12. The summed E-state index contributed by atoms with van der Waals surface area (Å²) < 4.78 is 11.9. The third-order valence-corrected chi connectivity index (χ3v) is 2.12. The van der Waals surface area contributed by atoms with Gasteiger partial charge in [0.05, 0.1) is 0 Å². The van der Waals surface area contributed by atoms with Crippen LogP contribution in [0.25, 0.3) is 0 Å². The monoisotopic (exact) mass is 181 g/mol. The molecule has 0 heterocycles. The summed E-state index contributed by atoms with van der Waals surface area (Å²) in [7, 11) is 0. The zero-order valence-corrected chi connectivity index (χ0v) is 8.18. The van der Waals surface area contributed by atoms with Crippen molar-refractivity contribution in [3.05, 3.63) is 35.4 Å². The Morgan fingerprint density at radius 2 is 1.92 bits per heavy atom. The molecule has 0 fully saturated rings. The summed E-state index contributed by atoms with van der Waals surface area (Å²) in [5.41, 5.74) is 2.46. The van der Waals surface area contributed by atoms with Crippen LogP contribution >= 0.6 is 0 Å². The lowest BCUT2D eigenvalue weighted by Gasteiger charge is -2.12. The molecule has 1 atom stereocenters. The van der Waals surface area contributed by atoms with Gasteiger partial charge in [-0.05, 0) is 19.4 Å². The zero-order chi connectivity index (χ0) is 9.68. The van der Waals surface area contributed by atoms with Gasteiger partial charge < -0.3 is 5.32 Å². The van der Waals surface area contributed by atoms with E-state index in [-0.39, 0.29) is 12.7 Å². The van der Waals surface area contributed by atoms with Gasteiger partial charge in [0.25, 0.3) is 0 Å². The Morgan fingerprint density at radius 3 is 2.46 bits per heavy atom. The second-order valence-electron chi connectivity index (χ2n) is 3.28. The van der Waals surface area contributed by atoms with Crippen molar-refractivity contribution in [1.29, 1.82) is 0 Å². The first-order valence-corrected chi connectivity index (χ1v) is 4.60. The van der Waals surface area contributed by atoms with Crippen LogP contribution in [0.3, 0.4) is 0 Å². The average Bonchev–Trinajstić information content (AvgIpc) is 2.15. The SMILES string of the molecule is Cc1ccc(C(C)NCCF)cc1. The molecule has 0 aliphatic heterocycles. The standard InChI is InChI=1S/C11H16FN/c1-9-3-5-11(6-4-9)10(2)13-8-7-12/h3-6,10,13H,7-8H2,1-2H3. The molecule has 0 saturated heterocycles. The number of alkyl halides is 1. The highest BCUT2D eigenvalue weighted by Crippen LogP contribution is 2.12. The number of aryl methyl sites for hydroxylation is 1. The number of halogens is 1. The average molecular weight is 181 g/mol. The van der Waals surface area contributed by atoms with Crippen LogP contribution in [0.4, 0.5) is 4.39 Å². The van der Waals surface area contributed by atoms with Crippen molar-refractivity contribution in [1.82, 2.24) is 5.32 Å². The molecule has 0 spiro atoms. The van der Waals surface area contributed by atoms with Gasteiger partial charge in [-0.25, -0.2) is 4.39 Å². The second-order valence-corrected chi connectivity index (χ2v) is 3.28. The number of hydrogen-bond acceptors (Lipinski definition) is 1. The fourth-order valence-electron chi connectivity index (χ4n) is 1.24. The van der Waals surface area contributed by atoms with Crippen molar-refractivity contribution in [3.8, 4) is 0 Å². The molecule has 0 aromatic heterocycles. The van der Waals surface area contributed by atoms with E-state index in [4.69, 9.17) is 0 Å². The van der Waals surface area contributed by atoms with Crippen molar-refractivity contribution in [2.24, 2.45) is 0 Å². The molecule has 0 aliphatic rings. The Balaban J connectivity index is 2.55. The topological polar surface area (TPSA) is 12.0 Å². The second kappa shape index (κ2) is 4.97. The summed E-state index contributed by atoms with van der Waals surface area (Å²) in [6.07, 6.45) is 0. The minimum absolute atomic E-state index is 0.233. The Bertz CT molecular complexity index is 243. The molecule has 2 heteroatoms. The first-order valence-electron chi connectivity index (χ1n) is 4.60. The molecular weight excluding hydrogens is 165 g/mol. The summed E-state index contributed by atoms with van der Waals surface area (Å²) in [5.74, 6) is 0. The van der Waals surface area contributed by atoms with Crippen LogP contribution in [0.2, 0.25) is 0 Å². The van der Waals surface area contributed by atoms with Crippen LogP contribution in [0, 0.1) is 6.92 Å². The van der Waals surface area contributed by atoms with E-state index in [0.717, 1.165) is 0 Å². The zero-order valence-electron chi connectivity index (χ0n) is 8.18. The number of nitrogens with one attached hydrogen (secondary N) is 1. The minimum atomic E-state index is -0.309. The van der Waals surface area contributed by atoms with Gasteiger partial charge in [-0.2, -0.15) is 0 Å². The lowest BCUT2D eigenvalue weighted by atomic mass is 10.1. The molecule has 1 aromatic rings. The molecule has 0 radical (unpaired) electrons. The predicted molar refractivity (Wildman–Crippen MR) is 53.6 cm³/mol. The van der Waals surface area contributed by atoms with Gasteiger partial charge in [0.15, 0.2) is 0 Å². The van der Waals surface area contributed by atoms with Crippen molar-refractivity contribution in [2.75, 3.05) is 13.2 Å². The molecule has 0 bridgehead atoms. The molecule has 0 saturated carbocycles. The van der Waals surface area contributed by atoms with E-state index in [2.05, 4.69) is 36.5 Å². The van der Waals surface area contributed by atoms with Gasteiger partial charge in [-0.1, -0.05) is 29.8 Å². The first kappa shape index (κ1) is 10.2. The molecule has 1 rings (SSSR count). The van der Waals surface area contributed by atoms with E-state index in [1.807, 2.05) is 6.92 Å². The summed E-state index contributed by atoms with van der Waals surface area (Å²) >= 11 is 0. The van der Waals surface area contributed by atoms with Gasteiger partial charge in [0.1, 0.15) is 6.67 Å². The molecule has 0 aliphatic carbocycles. The first-order chi connectivity index (χ1) is 6.24. The lowest BCUT2D eigenvalue weighted by Crippen LogP contribution is -2.20. The highest BCUT2D eigenvalue weighted by atomic mass is 19.1. The molecule has 1 nitrogen and oxygen atoms in total. The van der Waals surface area contributed by atoms with E-state index in [1.165, 1.54) is 11.1 Å². The number of benzene rings is 1. The van der Waals surface area contributed by atoms with Gasteiger partial charge in [-0.15, -0.1) is 0 Å². The molecule has 13 heavy (non-hydrogen) atoms. The van der Waals surface area contributed by atoms with Crippen LogP contribution in [0.5, 0.6) is 0 Å². The van der Waals surface area contributed by atoms with Gasteiger partial charge in [0, 0.05) is 12.6 Å². The molecule has 1 aromatic carbocycles. The van der Waals surface area contributed by atoms with Crippen LogP contribution in [0.1, 0.15) is 24.1 Å². The van der Waals surface area contributed by atoms with Crippen molar-refractivity contribution >= 4 is 0 Å². The van der Waals surface area contributed by atoms with Crippen LogP contribution < -0.4 is 5.32 Å². The number of rotatable bonds is 4. The van der Waals surface area contributed by atoms with E-state index in [1.54, 1.807) is 0 Å². The van der Waals surface area contributed by atoms with Crippen LogP contribution in [0.15, 0.2) is 24.3 Å². The van der Waals surface area contributed by atoms with E-state index in [0.29, 0.717) is 6.54 Å². The fraction of sp³-hybridized carbons (Fsp3) is 0.455. The quantitative estimate of drug-likeness (QED) is 0.753. The van der Waals surface area contributed by atoms with Gasteiger partial charge >= 0.3 is 0 Å². The van der Waals surface area contributed by atoms with Crippen LogP contribution in [-0.4, -0.2) is 13.2 Å². The predicted octanol–water partition coefficient (Wildman–Crippen LogP) is 2.62. The van der Waals surface area contributed by atoms with Crippen LogP contribution in [-0.2, 0) is 0 Å². The minimum Gasteiger partial charge on any atom is -0.308 e. The number of hydrogen-bond donors (Lipinski definition) is 1. The maximum absolute atomic E-state index is 11.9. The van der Waals surface area contributed by atoms with Crippen molar-refractivity contribution < 1.29 is 4.39 Å². The normalized spacial score (nSPS) is 12.8. The molecule has 1 unspecified atom stereocenters. The maximum atomic E-state index is 11.9. The highest BCUT2D eigenvalue weighted by molar-refractivity contribution is 5.23.